The van der Waals surface area contributed by atoms with Crippen LogP contribution in [0.1, 0.15) is 65.2 Å². The van der Waals surface area contributed by atoms with Crippen LogP contribution in [0.3, 0.4) is 0 Å². The molecule has 0 spiro atoms. The maximum absolute atomic E-state index is 11.8. The van der Waals surface area contributed by atoms with Gasteiger partial charge in [-0.3, -0.25) is 4.79 Å². The van der Waals surface area contributed by atoms with E-state index in [2.05, 4.69) is 13.8 Å². The van der Waals surface area contributed by atoms with Crippen molar-refractivity contribution in [1.29, 1.82) is 0 Å². The van der Waals surface area contributed by atoms with Crippen LogP contribution in [0.15, 0.2) is 11.6 Å². The second kappa shape index (κ2) is 4.44. The number of carbonyl (C=O) groups excluding carboxylic acids is 1. The minimum Gasteiger partial charge on any atom is -0.393 e. The minimum atomic E-state index is -0.0823. The summed E-state index contributed by atoms with van der Waals surface area (Å²) in [5.41, 5.74) is 1.89. The van der Waals surface area contributed by atoms with E-state index in [1.54, 1.807) is 0 Å². The Bertz CT molecular complexity index is 508. The molecule has 2 nitrogen and oxygen atoms in total. The molecule has 0 saturated heterocycles. The van der Waals surface area contributed by atoms with Gasteiger partial charge in [-0.1, -0.05) is 19.4 Å². The average molecular weight is 288 g/mol. The number of rotatable bonds is 0. The van der Waals surface area contributed by atoms with E-state index in [1.165, 1.54) is 31.3 Å². The van der Waals surface area contributed by atoms with Crippen LogP contribution >= 0.6 is 0 Å². The van der Waals surface area contributed by atoms with Crippen molar-refractivity contribution in [3.63, 3.8) is 0 Å². The zero-order chi connectivity index (χ0) is 14.8. The molecule has 4 rings (SSSR count). The molecule has 21 heavy (non-hydrogen) atoms. The zero-order valence-electron chi connectivity index (χ0n) is 13.4. The van der Waals surface area contributed by atoms with Gasteiger partial charge in [-0.25, -0.2) is 0 Å². The largest absolute Gasteiger partial charge is 0.393 e. The van der Waals surface area contributed by atoms with Gasteiger partial charge >= 0.3 is 0 Å². The highest BCUT2D eigenvalue weighted by molar-refractivity contribution is 5.91. The Morgan fingerprint density at radius 3 is 2.67 bits per heavy atom. The predicted molar refractivity (Wildman–Crippen MR) is 82.7 cm³/mol. The van der Waals surface area contributed by atoms with E-state index in [0.717, 1.165) is 37.5 Å². The molecule has 0 aromatic heterocycles. The standard InChI is InChI=1S/C19H28O2/c1-18-9-7-13(20)11-12(18)3-4-14-15-5-6-17(21)19(15,2)10-8-16(14)18/h11,14-17,21H,3-10H2,1-2H3/t14-,15?,16-,17-,18-,19-/m0/s1. The third-order valence-corrected chi connectivity index (χ3v) is 7.91. The zero-order valence-corrected chi connectivity index (χ0v) is 13.4. The van der Waals surface area contributed by atoms with Crippen LogP contribution in [0.25, 0.3) is 0 Å². The number of aliphatic hydroxyl groups is 1. The Hall–Kier alpha value is -0.630. The van der Waals surface area contributed by atoms with E-state index < -0.39 is 0 Å². The molecule has 6 atom stereocenters. The predicted octanol–water partition coefficient (Wildman–Crippen LogP) is 3.88. The van der Waals surface area contributed by atoms with Gasteiger partial charge in [0.1, 0.15) is 0 Å². The number of ketones is 1. The lowest BCUT2D eigenvalue weighted by molar-refractivity contribution is -0.118. The molecule has 4 aliphatic rings. The van der Waals surface area contributed by atoms with Crippen molar-refractivity contribution in [2.24, 2.45) is 28.6 Å². The van der Waals surface area contributed by atoms with Crippen molar-refractivity contribution in [2.75, 3.05) is 0 Å². The molecule has 4 aliphatic carbocycles. The van der Waals surface area contributed by atoms with Crippen LogP contribution in [-0.2, 0) is 4.79 Å². The number of aliphatic hydroxyl groups excluding tert-OH is 1. The summed E-state index contributed by atoms with van der Waals surface area (Å²) in [6.45, 7) is 4.76. The molecule has 116 valence electrons. The fourth-order valence-corrected chi connectivity index (χ4v) is 6.53. The van der Waals surface area contributed by atoms with E-state index in [1.807, 2.05) is 6.08 Å². The van der Waals surface area contributed by atoms with E-state index in [0.29, 0.717) is 11.7 Å². The lowest BCUT2D eigenvalue weighted by atomic mass is 9.47. The van der Waals surface area contributed by atoms with Gasteiger partial charge in [0.05, 0.1) is 6.10 Å². The number of hydrogen-bond donors (Lipinski definition) is 1. The highest BCUT2D eigenvalue weighted by Gasteiger charge is 2.58. The van der Waals surface area contributed by atoms with Crippen LogP contribution in [0.2, 0.25) is 0 Å². The minimum absolute atomic E-state index is 0.0823. The van der Waals surface area contributed by atoms with Gasteiger partial charge in [0.2, 0.25) is 0 Å². The number of fused-ring (bicyclic) bond motifs is 5. The first-order valence-electron chi connectivity index (χ1n) is 8.87. The van der Waals surface area contributed by atoms with Gasteiger partial charge in [0.25, 0.3) is 0 Å². The van der Waals surface area contributed by atoms with E-state index in [9.17, 15) is 9.90 Å². The van der Waals surface area contributed by atoms with Crippen molar-refractivity contribution in [2.45, 2.75) is 71.3 Å². The van der Waals surface area contributed by atoms with Gasteiger partial charge < -0.3 is 5.11 Å². The topological polar surface area (TPSA) is 37.3 Å². The summed E-state index contributed by atoms with van der Waals surface area (Å²) in [4.78, 5) is 11.8. The van der Waals surface area contributed by atoms with Gasteiger partial charge in [-0.2, -0.15) is 0 Å². The third kappa shape index (κ3) is 1.78. The van der Waals surface area contributed by atoms with E-state index >= 15 is 0 Å². The lowest BCUT2D eigenvalue weighted by Gasteiger charge is -2.57. The maximum atomic E-state index is 11.8. The van der Waals surface area contributed by atoms with Crippen LogP contribution in [-0.4, -0.2) is 17.0 Å². The molecule has 0 aromatic carbocycles. The number of hydrogen-bond acceptors (Lipinski definition) is 2. The van der Waals surface area contributed by atoms with Gasteiger partial charge in [-0.05, 0) is 79.6 Å². The fraction of sp³-hybridized carbons (Fsp3) is 0.842. The molecule has 3 fully saturated rings. The van der Waals surface area contributed by atoms with Gasteiger partial charge in [0.15, 0.2) is 5.78 Å². The van der Waals surface area contributed by atoms with Crippen molar-refractivity contribution < 1.29 is 9.90 Å². The first-order chi connectivity index (χ1) is 9.95. The van der Waals surface area contributed by atoms with Gasteiger partial charge in [-0.15, -0.1) is 0 Å². The molecule has 0 amide bonds. The summed E-state index contributed by atoms with van der Waals surface area (Å²) >= 11 is 0. The lowest BCUT2D eigenvalue weighted by Crippen LogP contribution is -2.51. The Morgan fingerprint density at radius 2 is 1.86 bits per heavy atom. The molecular weight excluding hydrogens is 260 g/mol. The summed E-state index contributed by atoms with van der Waals surface area (Å²) in [5.74, 6) is 2.57. The molecule has 0 bridgehead atoms. The number of allylic oxidation sites excluding steroid dienone is 1. The van der Waals surface area contributed by atoms with Crippen LogP contribution in [0, 0.1) is 28.6 Å². The van der Waals surface area contributed by atoms with Crippen LogP contribution < -0.4 is 0 Å². The molecule has 0 aromatic rings. The van der Waals surface area contributed by atoms with Crippen LogP contribution in [0.5, 0.6) is 0 Å². The summed E-state index contributed by atoms with van der Waals surface area (Å²) in [6, 6.07) is 0. The molecule has 3 saturated carbocycles. The molecule has 0 aliphatic heterocycles. The first-order valence-corrected chi connectivity index (χ1v) is 8.87. The Labute approximate surface area is 128 Å². The second-order valence-electron chi connectivity index (χ2n) is 8.61. The maximum Gasteiger partial charge on any atom is 0.155 e. The Morgan fingerprint density at radius 1 is 1.05 bits per heavy atom. The van der Waals surface area contributed by atoms with Crippen LogP contribution in [0.4, 0.5) is 0 Å². The molecule has 0 radical (unpaired) electrons. The van der Waals surface area contributed by atoms with Crippen molar-refractivity contribution in [3.8, 4) is 0 Å². The van der Waals surface area contributed by atoms with Crippen molar-refractivity contribution >= 4 is 5.78 Å². The van der Waals surface area contributed by atoms with Crippen molar-refractivity contribution in [1.82, 2.24) is 0 Å². The highest BCUT2D eigenvalue weighted by Crippen LogP contribution is 2.65. The SMILES string of the molecule is C[C@]12CCC(=O)C=C1CC[C@H]1C3CC[C@H](O)[C@@]3(C)CC[C@@H]12. The van der Waals surface area contributed by atoms with E-state index in [-0.39, 0.29) is 16.9 Å². The molecule has 1 N–H and O–H groups in total. The third-order valence-electron chi connectivity index (χ3n) is 7.91. The van der Waals surface area contributed by atoms with Crippen molar-refractivity contribution in [3.05, 3.63) is 11.6 Å². The van der Waals surface area contributed by atoms with E-state index in [4.69, 9.17) is 0 Å². The summed E-state index contributed by atoms with van der Waals surface area (Å²) < 4.78 is 0. The first kappa shape index (κ1) is 14.0. The molecular formula is C19H28O2. The monoisotopic (exact) mass is 288 g/mol. The Kier molecular flexibility index (Phi) is 2.96. The molecule has 0 heterocycles. The summed E-state index contributed by atoms with van der Waals surface area (Å²) in [6.07, 6.45) is 10.7. The fourth-order valence-electron chi connectivity index (χ4n) is 6.53. The quantitative estimate of drug-likeness (QED) is 0.734. The molecule has 1 unspecified atom stereocenters. The normalized spacial score (nSPS) is 52.7. The smallest absolute Gasteiger partial charge is 0.155 e. The Balaban J connectivity index is 1.69. The summed E-state index contributed by atoms with van der Waals surface area (Å²) in [5, 5.41) is 10.4. The second-order valence-corrected chi connectivity index (χ2v) is 8.61. The number of carbonyl (C=O) groups is 1. The molecule has 2 heteroatoms. The average Bonchev–Trinajstić information content (AvgIpc) is 2.76. The highest BCUT2D eigenvalue weighted by atomic mass is 16.3. The van der Waals surface area contributed by atoms with Gasteiger partial charge in [0, 0.05) is 6.42 Å². The summed E-state index contributed by atoms with van der Waals surface area (Å²) in [7, 11) is 0.